The van der Waals surface area contributed by atoms with Gasteiger partial charge in [0.05, 0.1) is 17.9 Å². The van der Waals surface area contributed by atoms with E-state index < -0.39 is 11.9 Å². The maximum Gasteiger partial charge on any atom is 0.249 e. The molecule has 4 heterocycles. The van der Waals surface area contributed by atoms with Gasteiger partial charge in [-0.1, -0.05) is 37.3 Å². The van der Waals surface area contributed by atoms with Gasteiger partial charge in [-0.15, -0.1) is 0 Å². The number of carbonyl (C=O) groups is 4. The molecule has 4 aliphatic carbocycles. The number of piperidine rings is 2. The molecule has 318 valence electrons. The van der Waals surface area contributed by atoms with Crippen LogP contribution in [0.2, 0.25) is 0 Å². The first kappa shape index (κ1) is 41.6. The summed E-state index contributed by atoms with van der Waals surface area (Å²) in [7, 11) is 0. The van der Waals surface area contributed by atoms with Crippen LogP contribution in [-0.4, -0.2) is 118 Å². The van der Waals surface area contributed by atoms with Gasteiger partial charge in [0.25, 0.3) is 0 Å². The molecular formula is C47H75N5O5. The van der Waals surface area contributed by atoms with Gasteiger partial charge in [-0.05, 0) is 165 Å². The predicted octanol–water partition coefficient (Wildman–Crippen LogP) is 6.45. The van der Waals surface area contributed by atoms with Crippen LogP contribution in [-0.2, 0) is 19.2 Å². The minimum absolute atomic E-state index is 0.0673. The number of fused-ring (bicyclic) bond motifs is 1. The molecule has 8 aliphatic rings. The first-order valence-electron chi connectivity index (χ1n) is 24.1. The average molecular weight is 790 g/mol. The van der Waals surface area contributed by atoms with Crippen molar-refractivity contribution in [3.05, 3.63) is 11.1 Å². The Bertz CT molecular complexity index is 1450. The van der Waals surface area contributed by atoms with Gasteiger partial charge < -0.3 is 10.0 Å². The number of hydrogen-bond acceptors (Lipinski definition) is 8. The molecule has 8 fully saturated rings. The Labute approximate surface area is 343 Å². The van der Waals surface area contributed by atoms with Crippen LogP contribution in [0.5, 0.6) is 0 Å². The third-order valence-electron chi connectivity index (χ3n) is 16.8. The van der Waals surface area contributed by atoms with Crippen LogP contribution >= 0.6 is 0 Å². The highest BCUT2D eigenvalue weighted by atomic mass is 16.3. The van der Waals surface area contributed by atoms with Gasteiger partial charge in [0, 0.05) is 44.7 Å². The molecule has 10 heteroatoms. The molecule has 10 nitrogen and oxygen atoms in total. The van der Waals surface area contributed by atoms with E-state index in [4.69, 9.17) is 0 Å². The number of aliphatic hydroxyl groups excluding tert-OH is 1. The lowest BCUT2D eigenvalue weighted by molar-refractivity contribution is -0.151. The molecule has 4 aliphatic heterocycles. The van der Waals surface area contributed by atoms with Crippen molar-refractivity contribution < 1.29 is 24.3 Å². The van der Waals surface area contributed by atoms with Crippen LogP contribution in [0.1, 0.15) is 155 Å². The van der Waals surface area contributed by atoms with E-state index in [1.165, 1.54) is 127 Å². The Hall–Kier alpha value is -2.14. The summed E-state index contributed by atoms with van der Waals surface area (Å²) >= 11 is 0. The summed E-state index contributed by atoms with van der Waals surface area (Å²) in [6.07, 6.45) is 26.3. The summed E-state index contributed by atoms with van der Waals surface area (Å²) in [6, 6.07) is 0.142. The fraction of sp³-hybridized carbons (Fsp3) is 0.872. The van der Waals surface area contributed by atoms with E-state index in [-0.39, 0.29) is 48.5 Å². The molecule has 4 amide bonds. The third-order valence-corrected chi connectivity index (χ3v) is 16.8. The SMILES string of the molecule is CC/C(=C(\C1CCC(O)CC1)C1CCC(CCCN2CCC(N3CCN(C4CCC5C(=O)N(C6CCC(=O)NC6=O)C(=O)C5C4)CC3)CC2)CC1)C1CCCCC1. The Morgan fingerprint density at radius 3 is 1.93 bits per heavy atom. The molecular weight excluding hydrogens is 715 g/mol. The van der Waals surface area contributed by atoms with Crippen molar-refractivity contribution >= 4 is 23.6 Å². The highest BCUT2D eigenvalue weighted by Gasteiger charge is 2.54. The van der Waals surface area contributed by atoms with Gasteiger partial charge in [0.1, 0.15) is 6.04 Å². The van der Waals surface area contributed by atoms with Gasteiger partial charge in [0.15, 0.2) is 0 Å². The number of piperazine rings is 1. The summed E-state index contributed by atoms with van der Waals surface area (Å²) in [6.45, 7) is 10.3. The van der Waals surface area contributed by atoms with Crippen LogP contribution in [0.4, 0.5) is 0 Å². The van der Waals surface area contributed by atoms with Gasteiger partial charge in [-0.3, -0.25) is 39.2 Å². The quantitative estimate of drug-likeness (QED) is 0.182. The predicted molar refractivity (Wildman–Crippen MR) is 222 cm³/mol. The van der Waals surface area contributed by atoms with E-state index in [2.05, 4.69) is 26.9 Å². The summed E-state index contributed by atoms with van der Waals surface area (Å²) < 4.78 is 0. The summed E-state index contributed by atoms with van der Waals surface area (Å²) in [4.78, 5) is 60.2. The maximum atomic E-state index is 13.5. The van der Waals surface area contributed by atoms with Gasteiger partial charge >= 0.3 is 0 Å². The lowest BCUT2D eigenvalue weighted by atomic mass is 9.66. The van der Waals surface area contributed by atoms with Crippen LogP contribution in [0.15, 0.2) is 11.1 Å². The molecule has 4 saturated heterocycles. The fourth-order valence-electron chi connectivity index (χ4n) is 13.5. The zero-order valence-corrected chi connectivity index (χ0v) is 35.4. The Morgan fingerprint density at radius 1 is 0.649 bits per heavy atom. The molecule has 0 radical (unpaired) electrons. The van der Waals surface area contributed by atoms with Crippen molar-refractivity contribution in [2.24, 2.45) is 35.5 Å². The van der Waals surface area contributed by atoms with E-state index in [1.54, 1.807) is 0 Å². The van der Waals surface area contributed by atoms with Gasteiger partial charge in [0.2, 0.25) is 23.6 Å². The molecule has 0 bridgehead atoms. The largest absolute Gasteiger partial charge is 0.393 e. The zero-order chi connectivity index (χ0) is 39.5. The number of nitrogens with zero attached hydrogens (tertiary/aromatic N) is 4. The van der Waals surface area contributed by atoms with Crippen LogP contribution in [0, 0.1) is 35.5 Å². The molecule has 2 N–H and O–H groups in total. The monoisotopic (exact) mass is 790 g/mol. The number of nitrogens with one attached hydrogen (secondary N) is 1. The molecule has 4 unspecified atom stereocenters. The molecule has 4 saturated carbocycles. The lowest BCUT2D eigenvalue weighted by Crippen LogP contribution is -2.56. The number of allylic oxidation sites excluding steroid dienone is 2. The van der Waals surface area contributed by atoms with E-state index >= 15 is 0 Å². The van der Waals surface area contributed by atoms with Crippen molar-refractivity contribution in [1.82, 2.24) is 24.9 Å². The first-order chi connectivity index (χ1) is 27.8. The first-order valence-corrected chi connectivity index (χ1v) is 24.1. The fourth-order valence-corrected chi connectivity index (χ4v) is 13.5. The minimum atomic E-state index is -0.836. The van der Waals surface area contributed by atoms with Gasteiger partial charge in [-0.25, -0.2) is 0 Å². The number of hydrogen-bond donors (Lipinski definition) is 2. The van der Waals surface area contributed by atoms with Crippen molar-refractivity contribution in [2.75, 3.05) is 45.8 Å². The van der Waals surface area contributed by atoms with Crippen LogP contribution in [0.3, 0.4) is 0 Å². The number of likely N-dealkylation sites (tertiary alicyclic amines) is 2. The van der Waals surface area contributed by atoms with Crippen molar-refractivity contribution in [3.63, 3.8) is 0 Å². The van der Waals surface area contributed by atoms with Crippen LogP contribution in [0.25, 0.3) is 0 Å². The van der Waals surface area contributed by atoms with E-state index in [0.717, 1.165) is 69.1 Å². The number of rotatable bonds is 11. The molecule has 0 aromatic carbocycles. The Balaban J connectivity index is 0.739. The smallest absolute Gasteiger partial charge is 0.249 e. The molecule has 8 rings (SSSR count). The number of aliphatic hydroxyl groups is 1. The van der Waals surface area contributed by atoms with E-state index in [0.29, 0.717) is 24.9 Å². The second-order valence-corrected chi connectivity index (χ2v) is 19.9. The molecule has 4 atom stereocenters. The van der Waals surface area contributed by atoms with E-state index in [9.17, 15) is 24.3 Å². The average Bonchev–Trinajstić information content (AvgIpc) is 3.49. The molecule has 0 aromatic heterocycles. The second kappa shape index (κ2) is 19.1. The summed E-state index contributed by atoms with van der Waals surface area (Å²) in [5.74, 6) is 1.38. The normalized spacial score (nSPS) is 36.6. The second-order valence-electron chi connectivity index (χ2n) is 19.9. The Kier molecular flexibility index (Phi) is 13.9. The number of imide groups is 2. The standard InChI is InChI=1S/C47H75N5O5/c1-2-39(33-8-4-3-5-9-33)44(35-14-17-38(53)18-15-35)34-12-10-32(11-13-34)7-6-24-49-25-22-36(23-26-49)50-27-29-51(30-28-50)37-16-19-40-41(31-37)47(57)52(46(40)56)42-20-21-43(54)48-45(42)55/h32-38,40-42,53H,2-31H2,1H3,(H,48,54,55)/b44-39+. The molecule has 0 spiro atoms. The van der Waals surface area contributed by atoms with Crippen LogP contribution < -0.4 is 5.32 Å². The van der Waals surface area contributed by atoms with Gasteiger partial charge in [-0.2, -0.15) is 0 Å². The lowest BCUT2D eigenvalue weighted by Gasteiger charge is -2.46. The number of carbonyl (C=O) groups excluding carboxylic acids is 4. The highest BCUT2D eigenvalue weighted by Crippen LogP contribution is 2.47. The van der Waals surface area contributed by atoms with Crippen molar-refractivity contribution in [1.29, 1.82) is 0 Å². The Morgan fingerprint density at radius 2 is 1.28 bits per heavy atom. The zero-order valence-electron chi connectivity index (χ0n) is 35.4. The third kappa shape index (κ3) is 9.44. The highest BCUT2D eigenvalue weighted by molar-refractivity contribution is 6.10. The van der Waals surface area contributed by atoms with E-state index in [1.807, 2.05) is 11.1 Å². The topological polar surface area (TPSA) is 114 Å². The van der Waals surface area contributed by atoms with Crippen molar-refractivity contribution in [3.8, 4) is 0 Å². The number of amides is 4. The summed E-state index contributed by atoms with van der Waals surface area (Å²) in [5.41, 5.74) is 3.78. The molecule has 0 aromatic rings. The summed E-state index contributed by atoms with van der Waals surface area (Å²) in [5, 5.41) is 12.6. The maximum absolute atomic E-state index is 13.5. The molecule has 57 heavy (non-hydrogen) atoms. The van der Waals surface area contributed by atoms with Crippen molar-refractivity contribution in [2.45, 2.75) is 179 Å². The minimum Gasteiger partial charge on any atom is -0.393 e.